The lowest BCUT2D eigenvalue weighted by Gasteiger charge is -2.14. The maximum Gasteiger partial charge on any atom is -0.00457 e. The Balaban J connectivity index is 1.85. The molecule has 26 heavy (non-hydrogen) atoms. The second-order valence-corrected chi connectivity index (χ2v) is 8.18. The molecule has 0 aliphatic carbocycles. The van der Waals surface area contributed by atoms with E-state index in [1.807, 2.05) is 0 Å². The largest absolute Gasteiger partial charge is 0.330 e. The van der Waals surface area contributed by atoms with E-state index < -0.39 is 0 Å². The summed E-state index contributed by atoms with van der Waals surface area (Å²) in [5.41, 5.74) is 7.41. The molecule has 0 fully saturated rings. The summed E-state index contributed by atoms with van der Waals surface area (Å²) in [7, 11) is 0. The molecule has 1 heteroatoms. The highest BCUT2D eigenvalue weighted by molar-refractivity contribution is 5.15. The molecule has 0 saturated carbocycles. The van der Waals surface area contributed by atoms with E-state index in [1.165, 1.54) is 102 Å². The standard InChI is InChI=1S/C25H45N/c1-2-3-4-5-6-7-8-9-10-11-12-13-14-16-21-25(23-26)22-24-19-17-15-18-20-24/h15,17-20,25H,2-14,16,21-23,26H2,1H3. The third-order valence-electron chi connectivity index (χ3n) is 5.67. The lowest BCUT2D eigenvalue weighted by molar-refractivity contribution is 0.454. The molecule has 150 valence electrons. The van der Waals surface area contributed by atoms with Gasteiger partial charge in [0.15, 0.2) is 0 Å². The van der Waals surface area contributed by atoms with E-state index in [-0.39, 0.29) is 0 Å². The predicted octanol–water partition coefficient (Wildman–Crippen LogP) is 7.68. The smallest absolute Gasteiger partial charge is 0.00457 e. The molecule has 0 amide bonds. The number of nitrogens with two attached hydrogens (primary N) is 1. The van der Waals surface area contributed by atoms with Crippen molar-refractivity contribution in [2.75, 3.05) is 6.54 Å². The molecular formula is C25H45N. The molecule has 1 rings (SSSR count). The van der Waals surface area contributed by atoms with Gasteiger partial charge >= 0.3 is 0 Å². The van der Waals surface area contributed by atoms with Crippen LogP contribution in [-0.2, 0) is 6.42 Å². The van der Waals surface area contributed by atoms with E-state index in [0.29, 0.717) is 5.92 Å². The second-order valence-electron chi connectivity index (χ2n) is 8.18. The summed E-state index contributed by atoms with van der Waals surface area (Å²) in [6, 6.07) is 10.8. The number of rotatable bonds is 18. The molecule has 0 radical (unpaired) electrons. The molecule has 1 unspecified atom stereocenters. The van der Waals surface area contributed by atoms with Gasteiger partial charge in [-0.3, -0.25) is 0 Å². The quantitative estimate of drug-likeness (QED) is 0.267. The summed E-state index contributed by atoms with van der Waals surface area (Å²) in [5.74, 6) is 0.662. The molecule has 0 saturated heterocycles. The van der Waals surface area contributed by atoms with Crippen LogP contribution in [0.5, 0.6) is 0 Å². The van der Waals surface area contributed by atoms with E-state index in [4.69, 9.17) is 5.73 Å². The van der Waals surface area contributed by atoms with E-state index in [9.17, 15) is 0 Å². The van der Waals surface area contributed by atoms with Crippen molar-refractivity contribution in [3.05, 3.63) is 35.9 Å². The van der Waals surface area contributed by atoms with Gasteiger partial charge in [-0.25, -0.2) is 0 Å². The first-order valence-electron chi connectivity index (χ1n) is 11.6. The average molecular weight is 360 g/mol. The minimum atomic E-state index is 0.662. The van der Waals surface area contributed by atoms with Crippen LogP contribution in [0.15, 0.2) is 30.3 Å². The fourth-order valence-corrected chi connectivity index (χ4v) is 3.88. The maximum atomic E-state index is 5.97. The summed E-state index contributed by atoms with van der Waals surface area (Å²) in [4.78, 5) is 0. The van der Waals surface area contributed by atoms with Gasteiger partial charge in [0, 0.05) is 0 Å². The van der Waals surface area contributed by atoms with Crippen LogP contribution in [0.2, 0.25) is 0 Å². The van der Waals surface area contributed by atoms with Crippen LogP contribution < -0.4 is 5.73 Å². The molecule has 1 nitrogen and oxygen atoms in total. The molecule has 2 N–H and O–H groups in total. The third-order valence-corrected chi connectivity index (χ3v) is 5.67. The van der Waals surface area contributed by atoms with E-state index in [2.05, 4.69) is 37.3 Å². The van der Waals surface area contributed by atoms with Gasteiger partial charge in [-0.2, -0.15) is 0 Å². The van der Waals surface area contributed by atoms with Crippen molar-refractivity contribution in [1.29, 1.82) is 0 Å². The number of hydrogen-bond acceptors (Lipinski definition) is 1. The first kappa shape index (κ1) is 23.2. The van der Waals surface area contributed by atoms with Crippen molar-refractivity contribution in [3.8, 4) is 0 Å². The fourth-order valence-electron chi connectivity index (χ4n) is 3.88. The van der Waals surface area contributed by atoms with Crippen molar-refractivity contribution in [3.63, 3.8) is 0 Å². The highest BCUT2D eigenvalue weighted by Gasteiger charge is 2.07. The average Bonchev–Trinajstić information content (AvgIpc) is 2.68. The Morgan fingerprint density at radius 1 is 0.654 bits per heavy atom. The minimum absolute atomic E-state index is 0.662. The van der Waals surface area contributed by atoms with Gasteiger partial charge in [0.25, 0.3) is 0 Å². The SMILES string of the molecule is CCCCCCCCCCCCCCCCC(CN)Cc1ccccc1. The topological polar surface area (TPSA) is 26.0 Å². The maximum absolute atomic E-state index is 5.97. The Hall–Kier alpha value is -0.820. The Labute approximate surface area is 164 Å². The second kappa shape index (κ2) is 17.6. The van der Waals surface area contributed by atoms with Crippen molar-refractivity contribution < 1.29 is 0 Å². The van der Waals surface area contributed by atoms with Gasteiger partial charge in [0.1, 0.15) is 0 Å². The summed E-state index contributed by atoms with van der Waals surface area (Å²) in [5, 5.41) is 0. The molecule has 1 atom stereocenters. The molecule has 0 aliphatic rings. The zero-order valence-corrected chi connectivity index (χ0v) is 17.6. The molecular weight excluding hydrogens is 314 g/mol. The van der Waals surface area contributed by atoms with E-state index in [1.54, 1.807) is 0 Å². The molecule has 1 aromatic carbocycles. The lowest BCUT2D eigenvalue weighted by Crippen LogP contribution is -2.16. The molecule has 0 heterocycles. The summed E-state index contributed by atoms with van der Waals surface area (Å²) >= 11 is 0. The normalized spacial score (nSPS) is 12.4. The summed E-state index contributed by atoms with van der Waals surface area (Å²) < 4.78 is 0. The third kappa shape index (κ3) is 13.4. The van der Waals surface area contributed by atoms with Crippen molar-refractivity contribution >= 4 is 0 Å². The van der Waals surface area contributed by atoms with Crippen LogP contribution in [0.1, 0.15) is 109 Å². The first-order chi connectivity index (χ1) is 12.9. The summed E-state index contributed by atoms with van der Waals surface area (Å²) in [6.07, 6.45) is 22.5. The van der Waals surface area contributed by atoms with Crippen molar-refractivity contribution in [1.82, 2.24) is 0 Å². The Bertz CT molecular complexity index is 386. The van der Waals surface area contributed by atoms with Crippen LogP contribution in [0.4, 0.5) is 0 Å². The molecule has 0 bridgehead atoms. The van der Waals surface area contributed by atoms with Crippen LogP contribution >= 0.6 is 0 Å². The molecule has 0 spiro atoms. The van der Waals surface area contributed by atoms with Crippen LogP contribution in [-0.4, -0.2) is 6.54 Å². The van der Waals surface area contributed by atoms with E-state index >= 15 is 0 Å². The van der Waals surface area contributed by atoms with Crippen molar-refractivity contribution in [2.24, 2.45) is 11.7 Å². The zero-order valence-electron chi connectivity index (χ0n) is 17.6. The highest BCUT2D eigenvalue weighted by Crippen LogP contribution is 2.17. The minimum Gasteiger partial charge on any atom is -0.330 e. The van der Waals surface area contributed by atoms with Gasteiger partial charge in [-0.1, -0.05) is 127 Å². The van der Waals surface area contributed by atoms with Gasteiger partial charge in [0.2, 0.25) is 0 Å². The van der Waals surface area contributed by atoms with Gasteiger partial charge in [-0.05, 0) is 30.9 Å². The van der Waals surface area contributed by atoms with Crippen LogP contribution in [0.3, 0.4) is 0 Å². The Morgan fingerprint density at radius 3 is 1.58 bits per heavy atom. The summed E-state index contributed by atoms with van der Waals surface area (Å²) in [6.45, 7) is 3.12. The first-order valence-corrected chi connectivity index (χ1v) is 11.6. The number of unbranched alkanes of at least 4 members (excludes halogenated alkanes) is 13. The van der Waals surface area contributed by atoms with Crippen molar-refractivity contribution in [2.45, 2.75) is 110 Å². The molecule has 0 aromatic heterocycles. The zero-order chi connectivity index (χ0) is 18.7. The number of hydrogen-bond donors (Lipinski definition) is 1. The lowest BCUT2D eigenvalue weighted by atomic mass is 9.93. The van der Waals surface area contributed by atoms with E-state index in [0.717, 1.165) is 13.0 Å². The van der Waals surface area contributed by atoms with Gasteiger partial charge < -0.3 is 5.73 Å². The number of benzene rings is 1. The fraction of sp³-hybridized carbons (Fsp3) is 0.760. The van der Waals surface area contributed by atoms with Gasteiger partial charge in [-0.15, -0.1) is 0 Å². The van der Waals surface area contributed by atoms with Crippen LogP contribution in [0.25, 0.3) is 0 Å². The van der Waals surface area contributed by atoms with Crippen LogP contribution in [0, 0.1) is 5.92 Å². The highest BCUT2D eigenvalue weighted by atomic mass is 14.5. The predicted molar refractivity (Wildman–Crippen MR) is 118 cm³/mol. The van der Waals surface area contributed by atoms with Gasteiger partial charge in [0.05, 0.1) is 0 Å². The Morgan fingerprint density at radius 2 is 1.12 bits per heavy atom. The monoisotopic (exact) mass is 359 g/mol. The Kier molecular flexibility index (Phi) is 15.7. The molecule has 0 aliphatic heterocycles. The molecule has 1 aromatic rings.